The summed E-state index contributed by atoms with van der Waals surface area (Å²) in [5.74, 6) is 0.948. The molecule has 0 heterocycles. The van der Waals surface area contributed by atoms with Crippen LogP contribution in [-0.2, 0) is 74.5 Å². The highest BCUT2D eigenvalue weighted by molar-refractivity contribution is 5.92. The van der Waals surface area contributed by atoms with E-state index in [1.807, 2.05) is 24.3 Å². The van der Waals surface area contributed by atoms with Gasteiger partial charge in [-0.25, -0.2) is 0 Å². The summed E-state index contributed by atoms with van der Waals surface area (Å²) in [5.41, 5.74) is 21.4. The predicted molar refractivity (Wildman–Crippen MR) is 430 cm³/mol. The molecular weight excluding hydrogens is 1410 g/mol. The normalized spacial score (nSPS) is 16.0. The van der Waals surface area contributed by atoms with Crippen LogP contribution in [0.4, 0.5) is 0 Å². The Bertz CT molecular complexity index is 5390. The molecule has 2 atom stereocenters. The number of hydrogen-bond donors (Lipinski definition) is 12. The van der Waals surface area contributed by atoms with Crippen LogP contribution in [-0.4, -0.2) is 74.5 Å². The molecule has 0 bridgehead atoms. The average molecular weight is 1500 g/mol. The van der Waals surface area contributed by atoms with Crippen molar-refractivity contribution in [3.8, 4) is 124 Å². The van der Waals surface area contributed by atoms with Gasteiger partial charge in [0.1, 0.15) is 57.5 Å². The first kappa shape index (κ1) is 74.3. The van der Waals surface area contributed by atoms with E-state index in [1.165, 1.54) is 46.5 Å². The Morgan fingerprint density at radius 2 is 0.482 bits per heavy atom. The third-order valence-corrected chi connectivity index (χ3v) is 23.9. The molecular formula is C96H86O16. The third-order valence-electron chi connectivity index (χ3n) is 23.9. The molecule has 2 unspecified atom stereocenters. The Kier molecular flexibility index (Phi) is 19.1. The van der Waals surface area contributed by atoms with Crippen LogP contribution < -0.4 is 18.9 Å². The second-order valence-corrected chi connectivity index (χ2v) is 30.6. The van der Waals surface area contributed by atoms with Crippen LogP contribution >= 0.6 is 0 Å². The van der Waals surface area contributed by atoms with Gasteiger partial charge in [0.2, 0.25) is 0 Å². The molecule has 16 nitrogen and oxygen atoms in total. The smallest absolute Gasteiger partial charge is 0.127 e. The third kappa shape index (κ3) is 12.0. The molecule has 0 radical (unpaired) electrons. The lowest BCUT2D eigenvalue weighted by atomic mass is 9.73. The second-order valence-electron chi connectivity index (χ2n) is 30.6. The molecule has 16 heteroatoms. The Labute approximate surface area is 648 Å². The minimum atomic E-state index is -1.09. The Balaban J connectivity index is 0.708. The van der Waals surface area contributed by atoms with Gasteiger partial charge in [0, 0.05) is 68.2 Å². The van der Waals surface area contributed by atoms with Gasteiger partial charge in [-0.15, -0.1) is 0 Å². The summed E-state index contributed by atoms with van der Waals surface area (Å²) in [6.07, 6.45) is 0.550. The van der Waals surface area contributed by atoms with Crippen molar-refractivity contribution in [3.63, 3.8) is 0 Å². The summed E-state index contributed by atoms with van der Waals surface area (Å²) in [7, 11) is 0. The maximum atomic E-state index is 10.9. The topological polar surface area (TPSA) is 280 Å². The van der Waals surface area contributed by atoms with Gasteiger partial charge in [0.15, 0.2) is 0 Å². The lowest BCUT2D eigenvalue weighted by molar-refractivity contribution is 0.246. The minimum absolute atomic E-state index is 0.0838. The summed E-state index contributed by atoms with van der Waals surface area (Å²) in [5, 5.41) is 125. The van der Waals surface area contributed by atoms with E-state index in [9.17, 15) is 61.3 Å². The number of allylic oxidation sites excluding steroid dienone is 2. The van der Waals surface area contributed by atoms with E-state index in [0.717, 1.165) is 100 Å². The number of aromatic hydroxyl groups is 4. The first-order valence-corrected chi connectivity index (χ1v) is 37.4. The van der Waals surface area contributed by atoms with Crippen molar-refractivity contribution in [2.45, 2.75) is 115 Å². The molecule has 566 valence electrons. The molecule has 12 N–H and O–H groups in total. The molecule has 0 fully saturated rings. The minimum Gasteiger partial charge on any atom is -0.507 e. The number of phenols is 4. The summed E-state index contributed by atoms with van der Waals surface area (Å²) >= 11 is 0. The van der Waals surface area contributed by atoms with Gasteiger partial charge < -0.3 is 80.2 Å². The maximum Gasteiger partial charge on any atom is 0.127 e. The van der Waals surface area contributed by atoms with Gasteiger partial charge in [0.05, 0.1) is 76.9 Å². The molecule has 16 rings (SSSR count). The van der Waals surface area contributed by atoms with Crippen LogP contribution in [0.5, 0.6) is 46.0 Å². The van der Waals surface area contributed by atoms with Crippen molar-refractivity contribution in [2.75, 3.05) is 13.2 Å². The summed E-state index contributed by atoms with van der Waals surface area (Å²) in [4.78, 5) is 0. The van der Waals surface area contributed by atoms with Crippen LogP contribution in [0.3, 0.4) is 0 Å². The monoisotopic (exact) mass is 1490 g/mol. The average Bonchev–Trinajstić information content (AvgIpc) is 1.57. The molecule has 0 amide bonds. The van der Waals surface area contributed by atoms with Crippen molar-refractivity contribution < 1.29 is 80.2 Å². The van der Waals surface area contributed by atoms with Crippen LogP contribution in [0.2, 0.25) is 0 Å². The van der Waals surface area contributed by atoms with Gasteiger partial charge in [0.25, 0.3) is 0 Å². The molecule has 0 saturated carbocycles. The Morgan fingerprint density at radius 3 is 0.732 bits per heavy atom. The molecule has 12 aromatic carbocycles. The van der Waals surface area contributed by atoms with E-state index in [0.29, 0.717) is 23.0 Å². The van der Waals surface area contributed by atoms with Crippen molar-refractivity contribution >= 4 is 0 Å². The zero-order valence-electron chi connectivity index (χ0n) is 62.5. The molecule has 0 aromatic heterocycles. The van der Waals surface area contributed by atoms with E-state index >= 15 is 0 Å². The second kappa shape index (κ2) is 28.8. The SMILES string of the molecule is C=C(Oc1cc(CO)c(O)c(CO)c1)C1(CCOc2cc(CO)c(O)c(CO)c2)c2ccccc2-c2ccc(-c3ccc4c(c3)C(C)(C)c3cc(-c5ccc6c(c5)C(C)(C)c5cc(-c7ccc8c(c7)C(CCOc7cc(CO)c(O)c(CO)c7)(C(=C)Oc7cc(CO)c(O)c(CO)c7)c7ccccc7-8)ccc5-6)ccc3-4)cc21. The van der Waals surface area contributed by atoms with Crippen LogP contribution in [0.25, 0.3) is 77.9 Å². The number of aliphatic hydroxyl groups excluding tert-OH is 8. The lowest BCUT2D eigenvalue weighted by Gasteiger charge is -2.34. The number of hydrogen-bond acceptors (Lipinski definition) is 16. The number of fused-ring (bicyclic) bond motifs is 12. The molecule has 0 spiro atoms. The van der Waals surface area contributed by atoms with Crippen LogP contribution in [0.15, 0.2) is 231 Å². The number of ether oxygens (including phenoxy) is 4. The standard InChI is InChI=1S/C96H86O16/c1-53(111-71-35-65(49-101)91(107)66(36-71)50-102)95(27-29-109-69-31-61(45-97)89(105)62(32-69)46-98)81-13-9-7-11-73(81)79-25-19-59(43-87(79)95)57-17-23-77-75-21-15-55(39-83(75)93(3,4)85(77)41-57)56-16-22-76-78-24-18-58(42-86(78)94(5,6)84(76)40-56)60-20-26-80-74-12-8-10-14-82(74)96(88(80)44-60,28-30-110-70-33-63(47-99)90(106)64(34-70)48-100)54(2)112-72-37-67(51-103)92(108)68(38-72)52-104/h7-26,31-44,97-108H,1-2,27-30,45-52H2,3-6H3. The predicted octanol–water partition coefficient (Wildman–Crippen LogP) is 16.7. The van der Waals surface area contributed by atoms with Crippen molar-refractivity contribution in [1.29, 1.82) is 0 Å². The van der Waals surface area contributed by atoms with Crippen molar-refractivity contribution in [2.24, 2.45) is 0 Å². The fraction of sp³-hybridized carbons (Fsp3) is 0.208. The van der Waals surface area contributed by atoms with Gasteiger partial charge >= 0.3 is 0 Å². The molecule has 0 saturated heterocycles. The Morgan fingerprint density at radius 1 is 0.268 bits per heavy atom. The first-order chi connectivity index (χ1) is 54.1. The van der Waals surface area contributed by atoms with E-state index in [4.69, 9.17) is 18.9 Å². The fourth-order valence-corrected chi connectivity index (χ4v) is 18.0. The van der Waals surface area contributed by atoms with E-state index in [-0.39, 0.29) is 105 Å². The molecule has 112 heavy (non-hydrogen) atoms. The molecule has 4 aliphatic rings. The lowest BCUT2D eigenvalue weighted by Crippen LogP contribution is -2.32. The highest BCUT2D eigenvalue weighted by Gasteiger charge is 2.50. The van der Waals surface area contributed by atoms with Gasteiger partial charge in [-0.2, -0.15) is 0 Å². The molecule has 0 aliphatic heterocycles. The first-order valence-electron chi connectivity index (χ1n) is 37.4. The zero-order valence-corrected chi connectivity index (χ0v) is 62.5. The largest absolute Gasteiger partial charge is 0.507 e. The van der Waals surface area contributed by atoms with Gasteiger partial charge in [-0.05, 0) is 207 Å². The van der Waals surface area contributed by atoms with E-state index in [1.54, 1.807) is 24.3 Å². The van der Waals surface area contributed by atoms with E-state index < -0.39 is 74.5 Å². The van der Waals surface area contributed by atoms with Crippen molar-refractivity contribution in [1.82, 2.24) is 0 Å². The number of benzene rings is 12. The molecule has 4 aliphatic carbocycles. The highest BCUT2D eigenvalue weighted by Crippen LogP contribution is 2.60. The number of rotatable bonds is 25. The van der Waals surface area contributed by atoms with Gasteiger partial charge in [-0.3, -0.25) is 0 Å². The molecule has 12 aromatic rings. The zero-order chi connectivity index (χ0) is 78.4. The van der Waals surface area contributed by atoms with Gasteiger partial charge in [-0.1, -0.05) is 162 Å². The summed E-state index contributed by atoms with van der Waals surface area (Å²) in [6, 6.07) is 68.5. The van der Waals surface area contributed by atoms with Crippen LogP contribution in [0, 0.1) is 0 Å². The maximum absolute atomic E-state index is 10.9. The van der Waals surface area contributed by atoms with E-state index in [2.05, 4.69) is 174 Å². The van der Waals surface area contributed by atoms with Crippen molar-refractivity contribution in [3.05, 3.63) is 320 Å². The Hall–Kier alpha value is -11.8. The number of aliphatic hydroxyl groups is 8. The van der Waals surface area contributed by atoms with Crippen LogP contribution in [0.1, 0.15) is 130 Å². The highest BCUT2D eigenvalue weighted by atomic mass is 16.5. The quantitative estimate of drug-likeness (QED) is 0.0237. The fourth-order valence-electron chi connectivity index (χ4n) is 18.0. The summed E-state index contributed by atoms with van der Waals surface area (Å²) in [6.45, 7) is 14.7. The summed E-state index contributed by atoms with van der Waals surface area (Å²) < 4.78 is 26.5.